The summed E-state index contributed by atoms with van der Waals surface area (Å²) in [5.74, 6) is -0.123. The van der Waals surface area contributed by atoms with E-state index < -0.39 is 12.2 Å². The van der Waals surface area contributed by atoms with Crippen LogP contribution in [-0.2, 0) is 19.2 Å². The lowest BCUT2D eigenvalue weighted by atomic mass is 9.93. The Morgan fingerprint density at radius 3 is 1.09 bits per heavy atom. The number of ether oxygens (including phenoxy) is 2. The van der Waals surface area contributed by atoms with Gasteiger partial charge in [-0.1, -0.05) is 31.2 Å². The zero-order chi connectivity index (χ0) is 39.7. The molecule has 2 rings (SSSR count). The SMILES string of the molecule is CC(c1ccc(OCC(O)CN(CC(=O)NCCN)CC(=O)NCCN)cc1)c1ccc(OCC(O)CN(CC(=O)NCCN)CC(=O)NCCN)cc1. The predicted molar refractivity (Wildman–Crippen MR) is 205 cm³/mol. The van der Waals surface area contributed by atoms with Crippen molar-refractivity contribution in [3.8, 4) is 11.5 Å². The van der Waals surface area contributed by atoms with Gasteiger partial charge in [-0.2, -0.15) is 0 Å². The van der Waals surface area contributed by atoms with E-state index in [1.165, 1.54) is 9.80 Å². The zero-order valence-corrected chi connectivity index (χ0v) is 31.2. The van der Waals surface area contributed by atoms with Gasteiger partial charge in [-0.25, -0.2) is 0 Å². The molecule has 18 heteroatoms. The van der Waals surface area contributed by atoms with E-state index in [1.807, 2.05) is 48.5 Å². The molecular formula is C36H60N10O8. The molecule has 302 valence electrons. The highest BCUT2D eigenvalue weighted by atomic mass is 16.5. The largest absolute Gasteiger partial charge is 0.491 e. The number of aliphatic hydroxyl groups excluding tert-OH is 2. The molecule has 2 aromatic carbocycles. The summed E-state index contributed by atoms with van der Waals surface area (Å²) in [6, 6.07) is 15.0. The second kappa shape index (κ2) is 26.4. The molecule has 0 aromatic heterocycles. The number of amides is 4. The lowest BCUT2D eigenvalue weighted by Crippen LogP contribution is -2.47. The minimum Gasteiger partial charge on any atom is -0.491 e. The van der Waals surface area contributed by atoms with Crippen LogP contribution in [0.1, 0.15) is 24.0 Å². The Morgan fingerprint density at radius 1 is 0.556 bits per heavy atom. The first-order valence-corrected chi connectivity index (χ1v) is 18.1. The molecule has 0 bridgehead atoms. The van der Waals surface area contributed by atoms with Crippen molar-refractivity contribution in [3.63, 3.8) is 0 Å². The third-order valence-corrected chi connectivity index (χ3v) is 7.92. The van der Waals surface area contributed by atoms with Crippen LogP contribution in [0.5, 0.6) is 11.5 Å². The van der Waals surface area contributed by atoms with E-state index in [9.17, 15) is 29.4 Å². The van der Waals surface area contributed by atoms with Crippen molar-refractivity contribution in [3.05, 3.63) is 59.7 Å². The van der Waals surface area contributed by atoms with Gasteiger partial charge in [0.1, 0.15) is 36.9 Å². The Labute approximate surface area is 317 Å². The Bertz CT molecular complexity index is 1240. The second-order valence-electron chi connectivity index (χ2n) is 12.7. The van der Waals surface area contributed by atoms with Gasteiger partial charge in [-0.3, -0.25) is 29.0 Å². The summed E-state index contributed by atoms with van der Waals surface area (Å²) in [5.41, 5.74) is 23.9. The van der Waals surface area contributed by atoms with E-state index in [0.29, 0.717) is 37.7 Å². The van der Waals surface area contributed by atoms with Crippen molar-refractivity contribution in [2.45, 2.75) is 25.0 Å². The highest BCUT2D eigenvalue weighted by Crippen LogP contribution is 2.27. The van der Waals surface area contributed by atoms with Crippen LogP contribution < -0.4 is 53.7 Å². The third kappa shape index (κ3) is 19.1. The number of nitrogens with one attached hydrogen (secondary N) is 4. The monoisotopic (exact) mass is 760 g/mol. The zero-order valence-electron chi connectivity index (χ0n) is 31.2. The van der Waals surface area contributed by atoms with Crippen LogP contribution >= 0.6 is 0 Å². The standard InChI is InChI=1S/C36H60N10O8/c1-26(27-2-6-31(7-3-27)53-24-29(47)18-45(20-33(49)41-14-10-37)21-34(50)42-15-11-38)28-4-8-32(9-5-28)54-25-30(48)19-46(22-35(51)43-16-12-39)23-36(52)44-17-13-40/h2-9,26,29-30,47-48H,10-25,37-40H2,1H3,(H,41,49)(H,42,50)(H,43,51)(H,44,52). The molecule has 0 aliphatic heterocycles. The summed E-state index contributed by atoms with van der Waals surface area (Å²) in [7, 11) is 0. The molecule has 18 nitrogen and oxygen atoms in total. The molecule has 0 aliphatic rings. The van der Waals surface area contributed by atoms with Crippen LogP contribution in [0.2, 0.25) is 0 Å². The number of hydrogen-bond donors (Lipinski definition) is 10. The summed E-state index contributed by atoms with van der Waals surface area (Å²) in [4.78, 5) is 52.0. The van der Waals surface area contributed by atoms with Crippen LogP contribution in [0, 0.1) is 0 Å². The fraction of sp³-hybridized carbons (Fsp3) is 0.556. The van der Waals surface area contributed by atoms with Crippen LogP contribution in [0.3, 0.4) is 0 Å². The Hall–Kier alpha value is -4.40. The van der Waals surface area contributed by atoms with Crippen molar-refractivity contribution in [2.75, 3.05) is 105 Å². The van der Waals surface area contributed by atoms with Gasteiger partial charge in [-0.15, -0.1) is 0 Å². The molecule has 0 heterocycles. The van der Waals surface area contributed by atoms with Crippen LogP contribution in [0.15, 0.2) is 48.5 Å². The summed E-state index contributed by atoms with van der Waals surface area (Å²) in [5, 5.41) is 32.0. The molecule has 0 saturated carbocycles. The van der Waals surface area contributed by atoms with Gasteiger partial charge in [0.05, 0.1) is 26.2 Å². The number of carbonyl (C=O) groups is 4. The fourth-order valence-electron chi connectivity index (χ4n) is 5.24. The summed E-state index contributed by atoms with van der Waals surface area (Å²) >= 11 is 0. The highest BCUT2D eigenvalue weighted by molar-refractivity contribution is 5.81. The lowest BCUT2D eigenvalue weighted by molar-refractivity contribution is -0.127. The van der Waals surface area contributed by atoms with E-state index >= 15 is 0 Å². The maximum atomic E-state index is 12.2. The molecule has 0 saturated heterocycles. The van der Waals surface area contributed by atoms with Crippen LogP contribution in [0.4, 0.5) is 0 Å². The minimum absolute atomic E-state index is 0.0260. The van der Waals surface area contributed by atoms with Crippen molar-refractivity contribution >= 4 is 23.6 Å². The van der Waals surface area contributed by atoms with Crippen molar-refractivity contribution in [1.82, 2.24) is 31.1 Å². The molecule has 4 amide bonds. The Kier molecular flexibility index (Phi) is 22.4. The first-order chi connectivity index (χ1) is 26.0. The Morgan fingerprint density at radius 2 is 0.833 bits per heavy atom. The third-order valence-electron chi connectivity index (χ3n) is 7.92. The van der Waals surface area contributed by atoms with E-state index in [4.69, 9.17) is 32.4 Å². The molecule has 2 unspecified atom stereocenters. The van der Waals surface area contributed by atoms with E-state index in [0.717, 1.165) is 11.1 Å². The first-order valence-electron chi connectivity index (χ1n) is 18.1. The molecule has 14 N–H and O–H groups in total. The average Bonchev–Trinajstić information content (AvgIpc) is 3.16. The van der Waals surface area contributed by atoms with E-state index in [2.05, 4.69) is 28.2 Å². The molecule has 0 spiro atoms. The molecule has 2 aromatic rings. The van der Waals surface area contributed by atoms with Gasteiger partial charge in [0.25, 0.3) is 0 Å². The molecule has 54 heavy (non-hydrogen) atoms. The predicted octanol–water partition coefficient (Wildman–Crippen LogP) is -3.78. The van der Waals surface area contributed by atoms with Gasteiger partial charge in [0.2, 0.25) is 23.6 Å². The van der Waals surface area contributed by atoms with Crippen LogP contribution in [-0.4, -0.2) is 161 Å². The van der Waals surface area contributed by atoms with Gasteiger partial charge in [-0.05, 0) is 35.4 Å². The van der Waals surface area contributed by atoms with Crippen molar-refractivity contribution < 1.29 is 38.9 Å². The number of hydrogen-bond acceptors (Lipinski definition) is 14. The molecule has 0 aliphatic carbocycles. The second-order valence-corrected chi connectivity index (χ2v) is 12.7. The maximum absolute atomic E-state index is 12.2. The fourth-order valence-corrected chi connectivity index (χ4v) is 5.24. The number of nitrogens with two attached hydrogens (primary N) is 4. The van der Waals surface area contributed by atoms with Gasteiger partial charge in [0, 0.05) is 71.4 Å². The van der Waals surface area contributed by atoms with E-state index in [-0.39, 0.29) is 108 Å². The Balaban J connectivity index is 1.90. The maximum Gasteiger partial charge on any atom is 0.234 e. The van der Waals surface area contributed by atoms with E-state index in [1.54, 1.807) is 0 Å². The summed E-state index contributed by atoms with van der Waals surface area (Å²) in [6.45, 7) is 3.98. The number of carbonyl (C=O) groups excluding carboxylic acids is 4. The highest BCUT2D eigenvalue weighted by Gasteiger charge is 2.20. The first kappa shape index (κ1) is 45.8. The molecule has 0 radical (unpaired) electrons. The number of nitrogens with zero attached hydrogens (tertiary/aromatic N) is 2. The number of aliphatic hydroxyl groups is 2. The average molecular weight is 761 g/mol. The van der Waals surface area contributed by atoms with Crippen molar-refractivity contribution in [2.24, 2.45) is 22.9 Å². The topological polar surface area (TPSA) is 286 Å². The lowest BCUT2D eigenvalue weighted by Gasteiger charge is -2.24. The molecule has 0 fully saturated rings. The minimum atomic E-state index is -0.977. The van der Waals surface area contributed by atoms with Gasteiger partial charge < -0.3 is 63.9 Å². The molecule has 2 atom stereocenters. The normalized spacial score (nSPS) is 12.8. The van der Waals surface area contributed by atoms with Gasteiger partial charge >= 0.3 is 0 Å². The molecular weight excluding hydrogens is 700 g/mol. The van der Waals surface area contributed by atoms with Gasteiger partial charge in [0.15, 0.2) is 0 Å². The number of benzene rings is 2. The smallest absolute Gasteiger partial charge is 0.234 e. The van der Waals surface area contributed by atoms with Crippen molar-refractivity contribution in [1.29, 1.82) is 0 Å². The summed E-state index contributed by atoms with van der Waals surface area (Å²) in [6.07, 6.45) is -1.95. The summed E-state index contributed by atoms with van der Waals surface area (Å²) < 4.78 is 11.6. The van der Waals surface area contributed by atoms with Crippen LogP contribution in [0.25, 0.3) is 0 Å². The quantitative estimate of drug-likeness (QED) is 0.0399. The number of rotatable bonds is 28.